The Morgan fingerprint density at radius 2 is 2.00 bits per heavy atom. The maximum Gasteiger partial charge on any atom is 0.328 e. The third kappa shape index (κ3) is 6.98. The number of rotatable bonds is 11. The first-order valence-electron chi connectivity index (χ1n) is 10.3. The van der Waals surface area contributed by atoms with E-state index in [1.807, 2.05) is 0 Å². The molecule has 1 saturated heterocycles. The van der Waals surface area contributed by atoms with Crippen molar-refractivity contribution < 1.29 is 34.2 Å². The van der Waals surface area contributed by atoms with Gasteiger partial charge in [0.05, 0.1) is 24.9 Å². The molecule has 0 aromatic carbocycles. The molecule has 1 fully saturated rings. The van der Waals surface area contributed by atoms with Gasteiger partial charge in [-0.15, -0.1) is 0 Å². The number of nitrogens with one attached hydrogen (secondary N) is 3. The number of hydrogen-bond acceptors (Lipinski definition) is 8. The number of aliphatic hydroxyl groups excluding tert-OH is 1. The minimum atomic E-state index is -1.59. The van der Waals surface area contributed by atoms with Crippen molar-refractivity contribution in [3.8, 4) is 0 Å². The van der Waals surface area contributed by atoms with Crippen molar-refractivity contribution in [2.45, 2.75) is 62.9 Å². The number of primary amides is 1. The fraction of sp³-hybridized carbons (Fsp3) is 0.579. The number of aliphatic carboxylic acids is 1. The van der Waals surface area contributed by atoms with E-state index in [9.17, 15) is 34.2 Å². The van der Waals surface area contributed by atoms with Gasteiger partial charge >= 0.3 is 5.97 Å². The van der Waals surface area contributed by atoms with Crippen LogP contribution in [0.2, 0.25) is 0 Å². The molecule has 1 aromatic rings. The van der Waals surface area contributed by atoms with Crippen LogP contribution in [0.1, 0.15) is 31.9 Å². The summed E-state index contributed by atoms with van der Waals surface area (Å²) in [7, 11) is 0. The van der Waals surface area contributed by atoms with Crippen LogP contribution in [0.4, 0.5) is 0 Å². The van der Waals surface area contributed by atoms with Crippen molar-refractivity contribution in [2.24, 2.45) is 11.5 Å². The van der Waals surface area contributed by atoms with Gasteiger partial charge in [-0.25, -0.2) is 9.78 Å². The highest BCUT2D eigenvalue weighted by Gasteiger charge is 2.38. The number of aromatic amines is 1. The molecule has 1 aliphatic rings. The number of carbonyl (C=O) groups excluding carboxylic acids is 4. The van der Waals surface area contributed by atoms with Gasteiger partial charge in [0, 0.05) is 24.9 Å². The molecule has 2 heterocycles. The minimum absolute atomic E-state index is 0.0500. The molecule has 1 aliphatic heterocycles. The van der Waals surface area contributed by atoms with Crippen LogP contribution in [-0.2, 0) is 30.4 Å². The molecule has 0 bridgehead atoms. The van der Waals surface area contributed by atoms with E-state index < -0.39 is 59.9 Å². The maximum atomic E-state index is 13.0. The van der Waals surface area contributed by atoms with Gasteiger partial charge < -0.3 is 42.2 Å². The van der Waals surface area contributed by atoms with Crippen LogP contribution in [-0.4, -0.2) is 91.5 Å². The highest BCUT2D eigenvalue weighted by Crippen LogP contribution is 2.19. The van der Waals surface area contributed by atoms with Crippen molar-refractivity contribution in [3.05, 3.63) is 18.2 Å². The van der Waals surface area contributed by atoms with Gasteiger partial charge in [0.25, 0.3) is 0 Å². The maximum absolute atomic E-state index is 13.0. The largest absolute Gasteiger partial charge is 0.480 e. The Morgan fingerprint density at radius 3 is 2.55 bits per heavy atom. The molecular formula is C19H29N7O7. The number of nitrogens with two attached hydrogens (primary N) is 2. The Labute approximate surface area is 189 Å². The fourth-order valence-corrected chi connectivity index (χ4v) is 3.56. The molecule has 0 aliphatic carbocycles. The predicted molar refractivity (Wildman–Crippen MR) is 112 cm³/mol. The van der Waals surface area contributed by atoms with Crippen molar-refractivity contribution in [2.75, 3.05) is 6.54 Å². The van der Waals surface area contributed by atoms with E-state index in [-0.39, 0.29) is 19.4 Å². The van der Waals surface area contributed by atoms with Gasteiger partial charge in [0.15, 0.2) is 6.04 Å². The number of aromatic nitrogens is 2. The molecule has 33 heavy (non-hydrogen) atoms. The predicted octanol–water partition coefficient (Wildman–Crippen LogP) is -3.42. The van der Waals surface area contributed by atoms with Crippen LogP contribution in [0, 0.1) is 0 Å². The normalized spacial score (nSPS) is 19.2. The number of hydrogen-bond donors (Lipinski definition) is 7. The lowest BCUT2D eigenvalue weighted by atomic mass is 10.1. The van der Waals surface area contributed by atoms with Gasteiger partial charge in [-0.1, -0.05) is 0 Å². The fourth-order valence-electron chi connectivity index (χ4n) is 3.56. The molecule has 5 unspecified atom stereocenters. The molecular weight excluding hydrogens is 438 g/mol. The van der Waals surface area contributed by atoms with Gasteiger partial charge in [0.2, 0.25) is 23.6 Å². The van der Waals surface area contributed by atoms with Crippen LogP contribution >= 0.6 is 0 Å². The lowest BCUT2D eigenvalue weighted by Gasteiger charge is -2.28. The minimum Gasteiger partial charge on any atom is -0.480 e. The summed E-state index contributed by atoms with van der Waals surface area (Å²) in [6.07, 6.45) is 1.82. The molecule has 2 rings (SSSR count). The highest BCUT2D eigenvalue weighted by molar-refractivity contribution is 5.95. The zero-order valence-electron chi connectivity index (χ0n) is 18.1. The topological polar surface area (TPSA) is 234 Å². The zero-order valence-corrected chi connectivity index (χ0v) is 18.1. The van der Waals surface area contributed by atoms with Crippen molar-refractivity contribution >= 4 is 29.6 Å². The Bertz CT molecular complexity index is 874. The van der Waals surface area contributed by atoms with E-state index in [2.05, 4.69) is 20.6 Å². The van der Waals surface area contributed by atoms with Crippen molar-refractivity contribution in [3.63, 3.8) is 0 Å². The van der Waals surface area contributed by atoms with E-state index in [1.54, 1.807) is 0 Å². The average molecular weight is 467 g/mol. The zero-order chi connectivity index (χ0) is 24.7. The summed E-state index contributed by atoms with van der Waals surface area (Å²) >= 11 is 0. The standard InChI is InChI=1S/C19H29N7O7/c1-9(27)15(19(32)33)25-16(29)12(5-10-7-22-8-23-10)24-17(30)13-3-2-4-26(13)18(31)11(20)6-14(21)28/h7-9,11-13,15,27H,2-6,20H2,1H3,(H2,21,28)(H,22,23)(H,24,30)(H,25,29)(H,32,33). The number of aliphatic hydroxyl groups is 1. The van der Waals surface area contributed by atoms with E-state index in [0.717, 1.165) is 0 Å². The number of carbonyl (C=O) groups is 5. The SMILES string of the molecule is CC(O)C(NC(=O)C(Cc1cnc[nH]1)NC(=O)C1CCCN1C(=O)C(N)CC(N)=O)C(=O)O. The average Bonchev–Trinajstić information content (AvgIpc) is 3.41. The van der Waals surface area contributed by atoms with E-state index in [1.165, 1.54) is 24.3 Å². The number of likely N-dealkylation sites (tertiary alicyclic amines) is 1. The summed E-state index contributed by atoms with van der Waals surface area (Å²) in [5.74, 6) is -4.29. The first-order valence-corrected chi connectivity index (χ1v) is 10.3. The molecule has 0 radical (unpaired) electrons. The second kappa shape index (κ2) is 11.4. The molecule has 14 heteroatoms. The third-order valence-electron chi connectivity index (χ3n) is 5.23. The van der Waals surface area contributed by atoms with Crippen molar-refractivity contribution in [1.82, 2.24) is 25.5 Å². The molecule has 14 nitrogen and oxygen atoms in total. The lowest BCUT2D eigenvalue weighted by Crippen LogP contribution is -2.58. The summed E-state index contributed by atoms with van der Waals surface area (Å²) in [5, 5.41) is 23.6. The lowest BCUT2D eigenvalue weighted by molar-refractivity contribution is -0.145. The van der Waals surface area contributed by atoms with Crippen LogP contribution in [0.25, 0.3) is 0 Å². The molecule has 9 N–H and O–H groups in total. The number of nitrogens with zero attached hydrogens (tertiary/aromatic N) is 2. The Kier molecular flexibility index (Phi) is 8.87. The van der Waals surface area contributed by atoms with E-state index in [4.69, 9.17) is 11.5 Å². The smallest absolute Gasteiger partial charge is 0.328 e. The summed E-state index contributed by atoms with van der Waals surface area (Å²) < 4.78 is 0. The van der Waals surface area contributed by atoms with E-state index in [0.29, 0.717) is 18.5 Å². The molecule has 5 atom stereocenters. The number of amides is 4. The summed E-state index contributed by atoms with van der Waals surface area (Å²) in [6, 6.07) is -4.94. The van der Waals surface area contributed by atoms with E-state index >= 15 is 0 Å². The molecule has 0 saturated carbocycles. The Morgan fingerprint density at radius 1 is 1.30 bits per heavy atom. The first-order chi connectivity index (χ1) is 15.5. The monoisotopic (exact) mass is 467 g/mol. The number of carboxylic acid groups (broad SMARTS) is 1. The second-order valence-electron chi connectivity index (χ2n) is 7.87. The van der Waals surface area contributed by atoms with Gasteiger partial charge in [-0.05, 0) is 19.8 Å². The molecule has 1 aromatic heterocycles. The molecule has 0 spiro atoms. The van der Waals surface area contributed by atoms with Crippen LogP contribution in [0.15, 0.2) is 12.5 Å². The summed E-state index contributed by atoms with van der Waals surface area (Å²) in [4.78, 5) is 68.7. The number of carboxylic acids is 1. The van der Waals surface area contributed by atoms with Crippen LogP contribution in [0.5, 0.6) is 0 Å². The van der Waals surface area contributed by atoms with Gasteiger partial charge in [-0.2, -0.15) is 0 Å². The highest BCUT2D eigenvalue weighted by atomic mass is 16.4. The van der Waals surface area contributed by atoms with Gasteiger partial charge in [0.1, 0.15) is 12.1 Å². The Balaban J connectivity index is 2.16. The Hall–Kier alpha value is -3.52. The quantitative estimate of drug-likeness (QED) is 0.171. The van der Waals surface area contributed by atoms with Gasteiger partial charge in [-0.3, -0.25) is 19.2 Å². The third-order valence-corrected chi connectivity index (χ3v) is 5.23. The number of H-pyrrole nitrogens is 1. The van der Waals surface area contributed by atoms with Crippen LogP contribution < -0.4 is 22.1 Å². The van der Waals surface area contributed by atoms with Crippen LogP contribution in [0.3, 0.4) is 0 Å². The molecule has 4 amide bonds. The summed E-state index contributed by atoms with van der Waals surface area (Å²) in [6.45, 7) is 1.45. The second-order valence-corrected chi connectivity index (χ2v) is 7.87. The number of imidazole rings is 1. The summed E-state index contributed by atoms with van der Waals surface area (Å²) in [5.41, 5.74) is 11.3. The van der Waals surface area contributed by atoms with Crippen molar-refractivity contribution in [1.29, 1.82) is 0 Å². The molecule has 182 valence electrons. The first kappa shape index (κ1) is 25.7.